The third-order valence-corrected chi connectivity index (χ3v) is 4.28. The van der Waals surface area contributed by atoms with Gasteiger partial charge in [0.15, 0.2) is 5.82 Å². The SMILES string of the molecule is COc1ncc(-c2nc([C@H]3C[C@@H]3C(F)F)c3cccn3n2)c(OC)n1. The summed E-state index contributed by atoms with van der Waals surface area (Å²) in [5.41, 5.74) is 1.80. The van der Waals surface area contributed by atoms with E-state index in [1.807, 2.05) is 6.07 Å². The molecule has 1 aliphatic rings. The van der Waals surface area contributed by atoms with Crippen molar-refractivity contribution >= 4 is 5.52 Å². The molecule has 0 saturated heterocycles. The number of ether oxygens (including phenoxy) is 2. The molecule has 1 fully saturated rings. The first kappa shape index (κ1) is 15.7. The van der Waals surface area contributed by atoms with Gasteiger partial charge in [-0.15, -0.1) is 5.10 Å². The van der Waals surface area contributed by atoms with Crippen LogP contribution in [0.4, 0.5) is 8.78 Å². The second-order valence-corrected chi connectivity index (χ2v) is 5.78. The van der Waals surface area contributed by atoms with Gasteiger partial charge in [-0.3, -0.25) is 0 Å². The molecule has 0 aromatic carbocycles. The van der Waals surface area contributed by atoms with Crippen LogP contribution in [-0.4, -0.2) is 45.2 Å². The lowest BCUT2D eigenvalue weighted by atomic mass is 10.2. The molecule has 4 rings (SSSR count). The van der Waals surface area contributed by atoms with Crippen molar-refractivity contribution in [3.8, 4) is 23.3 Å². The standard InChI is InChI=1S/C16H15F2N5O2/c1-24-15-10(7-19-16(21-15)25-2)14-20-12(8-6-9(8)13(17)18)11-4-3-5-23(11)22-14/h3-5,7-9,13H,6H2,1-2H3/t8-,9-/m0/s1. The highest BCUT2D eigenvalue weighted by atomic mass is 19.3. The minimum absolute atomic E-state index is 0.155. The summed E-state index contributed by atoms with van der Waals surface area (Å²) in [5, 5.41) is 4.43. The summed E-state index contributed by atoms with van der Waals surface area (Å²) in [4.78, 5) is 12.7. The molecule has 0 amide bonds. The summed E-state index contributed by atoms with van der Waals surface area (Å²) in [6.07, 6.45) is 1.32. The van der Waals surface area contributed by atoms with E-state index in [1.165, 1.54) is 20.4 Å². The Kier molecular flexibility index (Phi) is 3.70. The van der Waals surface area contributed by atoms with Crippen LogP contribution in [0.1, 0.15) is 18.0 Å². The van der Waals surface area contributed by atoms with Gasteiger partial charge >= 0.3 is 6.01 Å². The Balaban J connectivity index is 1.84. The van der Waals surface area contributed by atoms with Gasteiger partial charge in [0.25, 0.3) is 0 Å². The van der Waals surface area contributed by atoms with Gasteiger partial charge in [-0.25, -0.2) is 23.3 Å². The van der Waals surface area contributed by atoms with Gasteiger partial charge in [-0.2, -0.15) is 4.98 Å². The van der Waals surface area contributed by atoms with Gasteiger partial charge in [-0.05, 0) is 18.6 Å². The Morgan fingerprint density at radius 1 is 1.24 bits per heavy atom. The Hall–Kier alpha value is -2.84. The third kappa shape index (κ3) is 2.65. The normalized spacial score (nSPS) is 19.4. The van der Waals surface area contributed by atoms with Crippen molar-refractivity contribution in [1.82, 2.24) is 24.6 Å². The van der Waals surface area contributed by atoms with Crippen molar-refractivity contribution in [2.45, 2.75) is 18.8 Å². The maximum atomic E-state index is 13.0. The van der Waals surface area contributed by atoms with Crippen LogP contribution in [0.25, 0.3) is 16.9 Å². The summed E-state index contributed by atoms with van der Waals surface area (Å²) in [7, 11) is 2.92. The fourth-order valence-electron chi connectivity index (χ4n) is 2.91. The van der Waals surface area contributed by atoms with Crippen LogP contribution in [0.5, 0.6) is 11.9 Å². The average Bonchev–Trinajstić information content (AvgIpc) is 3.30. The second-order valence-electron chi connectivity index (χ2n) is 5.78. The van der Waals surface area contributed by atoms with Crippen LogP contribution in [-0.2, 0) is 0 Å². The highest BCUT2D eigenvalue weighted by Crippen LogP contribution is 2.51. The Morgan fingerprint density at radius 3 is 2.76 bits per heavy atom. The molecule has 3 aromatic rings. The van der Waals surface area contributed by atoms with E-state index in [1.54, 1.807) is 16.8 Å². The fourth-order valence-corrected chi connectivity index (χ4v) is 2.91. The number of aromatic nitrogens is 5. The third-order valence-electron chi connectivity index (χ3n) is 4.28. The highest BCUT2D eigenvalue weighted by Gasteiger charge is 2.47. The van der Waals surface area contributed by atoms with Crippen molar-refractivity contribution in [2.24, 2.45) is 5.92 Å². The molecule has 0 radical (unpaired) electrons. The zero-order chi connectivity index (χ0) is 17.6. The number of methoxy groups -OCH3 is 2. The number of halogens is 2. The lowest BCUT2D eigenvalue weighted by Crippen LogP contribution is -2.06. The van der Waals surface area contributed by atoms with Crippen LogP contribution < -0.4 is 9.47 Å². The van der Waals surface area contributed by atoms with E-state index in [0.717, 1.165) is 5.52 Å². The minimum atomic E-state index is -2.35. The van der Waals surface area contributed by atoms with Gasteiger partial charge < -0.3 is 9.47 Å². The van der Waals surface area contributed by atoms with Crippen LogP contribution in [0.2, 0.25) is 0 Å². The maximum Gasteiger partial charge on any atom is 0.319 e. The molecule has 130 valence electrons. The Bertz CT molecular complexity index is 930. The Morgan fingerprint density at radius 2 is 2.08 bits per heavy atom. The first-order valence-corrected chi connectivity index (χ1v) is 7.71. The van der Waals surface area contributed by atoms with E-state index in [-0.39, 0.29) is 17.8 Å². The van der Waals surface area contributed by atoms with Crippen LogP contribution in [0, 0.1) is 5.92 Å². The largest absolute Gasteiger partial charge is 0.480 e. The van der Waals surface area contributed by atoms with E-state index in [0.29, 0.717) is 23.5 Å². The number of fused-ring (bicyclic) bond motifs is 1. The van der Waals surface area contributed by atoms with Gasteiger partial charge in [-0.1, -0.05) is 0 Å². The van der Waals surface area contributed by atoms with E-state index in [2.05, 4.69) is 20.1 Å². The molecule has 3 aromatic heterocycles. The molecule has 0 bridgehead atoms. The van der Waals surface area contributed by atoms with Crippen LogP contribution >= 0.6 is 0 Å². The molecule has 0 unspecified atom stereocenters. The van der Waals surface area contributed by atoms with Crippen LogP contribution in [0.15, 0.2) is 24.5 Å². The molecule has 1 aliphatic carbocycles. The average molecular weight is 347 g/mol. The maximum absolute atomic E-state index is 13.0. The summed E-state index contributed by atoms with van der Waals surface area (Å²) in [6, 6.07) is 3.78. The molecule has 0 spiro atoms. The van der Waals surface area contributed by atoms with Crippen LogP contribution in [0.3, 0.4) is 0 Å². The number of hydrogen-bond donors (Lipinski definition) is 0. The highest BCUT2D eigenvalue weighted by molar-refractivity contribution is 5.64. The second kappa shape index (κ2) is 5.91. The van der Waals surface area contributed by atoms with Crippen molar-refractivity contribution in [3.63, 3.8) is 0 Å². The molecule has 1 saturated carbocycles. The monoisotopic (exact) mass is 347 g/mol. The van der Waals surface area contributed by atoms with E-state index in [9.17, 15) is 8.78 Å². The quantitative estimate of drug-likeness (QED) is 0.706. The van der Waals surface area contributed by atoms with E-state index < -0.39 is 12.3 Å². The summed E-state index contributed by atoms with van der Waals surface area (Å²) in [6.45, 7) is 0. The Labute approximate surface area is 141 Å². The zero-order valence-electron chi connectivity index (χ0n) is 13.6. The number of nitrogens with zero attached hydrogens (tertiary/aromatic N) is 5. The molecule has 3 heterocycles. The van der Waals surface area contributed by atoms with Gasteiger partial charge in [0, 0.05) is 24.2 Å². The molecule has 9 heteroatoms. The lowest BCUT2D eigenvalue weighted by Gasteiger charge is -2.10. The molecule has 7 nitrogen and oxygen atoms in total. The lowest BCUT2D eigenvalue weighted by molar-refractivity contribution is 0.120. The van der Waals surface area contributed by atoms with Crippen molar-refractivity contribution in [3.05, 3.63) is 30.2 Å². The van der Waals surface area contributed by atoms with Crippen molar-refractivity contribution in [1.29, 1.82) is 0 Å². The van der Waals surface area contributed by atoms with Crippen molar-refractivity contribution in [2.75, 3.05) is 14.2 Å². The predicted octanol–water partition coefficient (Wildman–Crippen LogP) is 2.57. The van der Waals surface area contributed by atoms with Gasteiger partial charge in [0.1, 0.15) is 5.56 Å². The zero-order valence-corrected chi connectivity index (χ0v) is 13.6. The molecule has 0 aliphatic heterocycles. The molecule has 0 N–H and O–H groups in total. The molecular weight excluding hydrogens is 332 g/mol. The number of rotatable bonds is 5. The van der Waals surface area contributed by atoms with Crippen molar-refractivity contribution < 1.29 is 18.3 Å². The van der Waals surface area contributed by atoms with Gasteiger partial charge in [0.2, 0.25) is 12.3 Å². The fraction of sp³-hybridized carbons (Fsp3) is 0.375. The van der Waals surface area contributed by atoms with E-state index >= 15 is 0 Å². The summed E-state index contributed by atoms with van der Waals surface area (Å²) in [5.74, 6) is -0.358. The van der Waals surface area contributed by atoms with Gasteiger partial charge in [0.05, 0.1) is 25.4 Å². The number of hydrogen-bond acceptors (Lipinski definition) is 6. The smallest absolute Gasteiger partial charge is 0.319 e. The molecule has 25 heavy (non-hydrogen) atoms. The number of alkyl halides is 2. The predicted molar refractivity (Wildman–Crippen MR) is 84.0 cm³/mol. The minimum Gasteiger partial charge on any atom is -0.480 e. The first-order chi connectivity index (χ1) is 12.1. The summed E-state index contributed by atoms with van der Waals surface area (Å²) >= 11 is 0. The molecule has 2 atom stereocenters. The topological polar surface area (TPSA) is 74.4 Å². The van der Waals surface area contributed by atoms with E-state index in [4.69, 9.17) is 9.47 Å². The summed E-state index contributed by atoms with van der Waals surface area (Å²) < 4.78 is 37.9. The first-order valence-electron chi connectivity index (χ1n) is 7.71. The molecular formula is C16H15F2N5O2.